The van der Waals surface area contributed by atoms with E-state index in [1.54, 1.807) is 6.92 Å². The van der Waals surface area contributed by atoms with E-state index in [2.05, 4.69) is 4.72 Å². The molecule has 0 aliphatic heterocycles. The molecule has 0 aliphatic rings. The molecule has 2 N–H and O–H groups in total. The van der Waals surface area contributed by atoms with E-state index in [1.165, 1.54) is 0 Å². The van der Waals surface area contributed by atoms with Crippen molar-refractivity contribution in [2.75, 3.05) is 6.54 Å². The van der Waals surface area contributed by atoms with Crippen LogP contribution in [-0.4, -0.2) is 25.7 Å². The number of aryl methyl sites for hydroxylation is 3. The smallest absolute Gasteiger partial charge is 0.241 e. The molecule has 5 heteroatoms. The van der Waals surface area contributed by atoms with Crippen LogP contribution in [0.5, 0.6) is 0 Å². The van der Waals surface area contributed by atoms with Gasteiger partial charge in [0.05, 0.1) is 10.5 Å². The van der Waals surface area contributed by atoms with E-state index in [1.807, 2.05) is 64.1 Å². The third-order valence-electron chi connectivity index (χ3n) is 5.00. The van der Waals surface area contributed by atoms with Crippen LogP contribution in [0.2, 0.25) is 0 Å². The molecule has 0 saturated heterocycles. The van der Waals surface area contributed by atoms with Gasteiger partial charge in [-0.15, -0.1) is 0 Å². The SMILES string of the molecule is Cc1cc(C)c(C)c(S(=O)(=O)NCC(C)(O)CCc2ccccc2)c1C. The summed E-state index contributed by atoms with van der Waals surface area (Å²) >= 11 is 0. The Balaban J connectivity index is 2.12. The van der Waals surface area contributed by atoms with Gasteiger partial charge in [-0.25, -0.2) is 13.1 Å². The van der Waals surface area contributed by atoms with Gasteiger partial charge in [-0.2, -0.15) is 0 Å². The van der Waals surface area contributed by atoms with Crippen LogP contribution in [0, 0.1) is 27.7 Å². The molecule has 0 aromatic heterocycles. The summed E-state index contributed by atoms with van der Waals surface area (Å²) < 4.78 is 28.4. The fraction of sp³-hybridized carbons (Fsp3) is 0.429. The minimum Gasteiger partial charge on any atom is -0.389 e. The van der Waals surface area contributed by atoms with Gasteiger partial charge >= 0.3 is 0 Å². The lowest BCUT2D eigenvalue weighted by atomic mass is 9.97. The Hall–Kier alpha value is -1.69. The first-order chi connectivity index (χ1) is 12.0. The number of hydrogen-bond acceptors (Lipinski definition) is 3. The number of rotatable bonds is 7. The predicted molar refractivity (Wildman–Crippen MR) is 106 cm³/mol. The molecule has 142 valence electrons. The van der Waals surface area contributed by atoms with E-state index in [-0.39, 0.29) is 6.54 Å². The maximum Gasteiger partial charge on any atom is 0.241 e. The van der Waals surface area contributed by atoms with Crippen molar-refractivity contribution < 1.29 is 13.5 Å². The third-order valence-corrected chi connectivity index (χ3v) is 6.68. The second-order valence-electron chi connectivity index (χ2n) is 7.40. The van der Waals surface area contributed by atoms with Crippen LogP contribution in [0.4, 0.5) is 0 Å². The quantitative estimate of drug-likeness (QED) is 0.777. The molecule has 26 heavy (non-hydrogen) atoms. The summed E-state index contributed by atoms with van der Waals surface area (Å²) in [5, 5.41) is 10.6. The Morgan fingerprint density at radius 1 is 1.00 bits per heavy atom. The summed E-state index contributed by atoms with van der Waals surface area (Å²) in [4.78, 5) is 0.328. The van der Waals surface area contributed by atoms with Gasteiger partial charge in [0.2, 0.25) is 10.0 Å². The first kappa shape index (κ1) is 20.6. The van der Waals surface area contributed by atoms with E-state index >= 15 is 0 Å². The maximum absolute atomic E-state index is 12.9. The van der Waals surface area contributed by atoms with E-state index < -0.39 is 15.6 Å². The van der Waals surface area contributed by atoms with Crippen molar-refractivity contribution in [2.24, 2.45) is 0 Å². The second kappa shape index (κ2) is 7.91. The zero-order chi connectivity index (χ0) is 19.5. The molecule has 0 amide bonds. The van der Waals surface area contributed by atoms with Gasteiger partial charge < -0.3 is 5.11 Å². The molecular weight excluding hydrogens is 346 g/mol. The van der Waals surface area contributed by atoms with Crippen molar-refractivity contribution in [3.05, 3.63) is 64.2 Å². The molecule has 0 bridgehead atoms. The summed E-state index contributed by atoms with van der Waals surface area (Å²) in [5.41, 5.74) is 3.41. The summed E-state index contributed by atoms with van der Waals surface area (Å²) in [6, 6.07) is 11.9. The lowest BCUT2D eigenvalue weighted by molar-refractivity contribution is 0.0565. The predicted octanol–water partition coefficient (Wildman–Crippen LogP) is 3.58. The molecule has 2 aromatic carbocycles. The number of hydrogen-bond donors (Lipinski definition) is 2. The topological polar surface area (TPSA) is 66.4 Å². The molecule has 0 spiro atoms. The fourth-order valence-corrected chi connectivity index (χ4v) is 4.83. The highest BCUT2D eigenvalue weighted by Gasteiger charge is 2.27. The van der Waals surface area contributed by atoms with Crippen molar-refractivity contribution in [1.29, 1.82) is 0 Å². The zero-order valence-corrected chi connectivity index (χ0v) is 17.1. The molecule has 0 radical (unpaired) electrons. The van der Waals surface area contributed by atoms with Gasteiger partial charge in [0.25, 0.3) is 0 Å². The summed E-state index contributed by atoms with van der Waals surface area (Å²) in [5.74, 6) is 0. The average Bonchev–Trinajstić information content (AvgIpc) is 2.58. The number of sulfonamides is 1. The normalized spacial score (nSPS) is 14.2. The highest BCUT2D eigenvalue weighted by atomic mass is 32.2. The van der Waals surface area contributed by atoms with Crippen LogP contribution < -0.4 is 4.72 Å². The maximum atomic E-state index is 12.9. The number of nitrogens with one attached hydrogen (secondary N) is 1. The Morgan fingerprint density at radius 3 is 2.08 bits per heavy atom. The van der Waals surface area contributed by atoms with Crippen molar-refractivity contribution in [3.8, 4) is 0 Å². The minimum absolute atomic E-state index is 0.0198. The van der Waals surface area contributed by atoms with E-state index in [0.717, 1.165) is 27.8 Å². The molecule has 0 saturated carbocycles. The second-order valence-corrected chi connectivity index (χ2v) is 9.10. The van der Waals surface area contributed by atoms with E-state index in [4.69, 9.17) is 0 Å². The summed E-state index contributed by atoms with van der Waals surface area (Å²) in [6.45, 7) is 9.12. The Bertz CT molecular complexity index is 846. The van der Waals surface area contributed by atoms with Crippen LogP contribution in [0.3, 0.4) is 0 Å². The zero-order valence-electron chi connectivity index (χ0n) is 16.3. The third kappa shape index (κ3) is 4.93. The minimum atomic E-state index is -3.69. The highest BCUT2D eigenvalue weighted by Crippen LogP contribution is 2.26. The summed E-state index contributed by atoms with van der Waals surface area (Å²) in [6.07, 6.45) is 1.17. The molecule has 1 atom stereocenters. The summed E-state index contributed by atoms with van der Waals surface area (Å²) in [7, 11) is -3.69. The fourth-order valence-electron chi connectivity index (χ4n) is 3.05. The van der Waals surface area contributed by atoms with Crippen LogP contribution in [-0.2, 0) is 16.4 Å². The first-order valence-corrected chi connectivity index (χ1v) is 10.4. The van der Waals surface area contributed by atoms with Crippen LogP contribution in [0.25, 0.3) is 0 Å². The average molecular weight is 376 g/mol. The van der Waals surface area contributed by atoms with Crippen LogP contribution in [0.15, 0.2) is 41.3 Å². The van der Waals surface area contributed by atoms with Crippen molar-refractivity contribution in [2.45, 2.75) is 58.0 Å². The van der Waals surface area contributed by atoms with Gasteiger partial charge in [-0.05, 0) is 75.3 Å². The number of benzene rings is 2. The molecule has 2 aromatic rings. The molecule has 1 unspecified atom stereocenters. The van der Waals surface area contributed by atoms with Crippen molar-refractivity contribution in [3.63, 3.8) is 0 Å². The molecule has 0 aliphatic carbocycles. The van der Waals surface area contributed by atoms with Gasteiger partial charge in [-0.1, -0.05) is 36.4 Å². The van der Waals surface area contributed by atoms with Gasteiger partial charge in [0.15, 0.2) is 0 Å². The van der Waals surface area contributed by atoms with E-state index in [9.17, 15) is 13.5 Å². The van der Waals surface area contributed by atoms with Crippen LogP contribution in [0.1, 0.15) is 41.2 Å². The van der Waals surface area contributed by atoms with Gasteiger partial charge in [0.1, 0.15) is 0 Å². The molecular formula is C21H29NO3S. The highest BCUT2D eigenvalue weighted by molar-refractivity contribution is 7.89. The molecule has 2 rings (SSSR count). The molecule has 4 nitrogen and oxygen atoms in total. The lowest BCUT2D eigenvalue weighted by Gasteiger charge is -2.24. The first-order valence-electron chi connectivity index (χ1n) is 8.87. The Kier molecular flexibility index (Phi) is 6.27. The van der Waals surface area contributed by atoms with Gasteiger partial charge in [-0.3, -0.25) is 0 Å². The Morgan fingerprint density at radius 2 is 1.54 bits per heavy atom. The van der Waals surface area contributed by atoms with Crippen LogP contribution >= 0.6 is 0 Å². The van der Waals surface area contributed by atoms with Gasteiger partial charge in [0, 0.05) is 6.54 Å². The number of aliphatic hydroxyl groups is 1. The Labute approximate surface area is 157 Å². The molecule has 0 fully saturated rings. The van der Waals surface area contributed by atoms with Crippen molar-refractivity contribution >= 4 is 10.0 Å². The lowest BCUT2D eigenvalue weighted by Crippen LogP contribution is -2.41. The monoisotopic (exact) mass is 375 g/mol. The van der Waals surface area contributed by atoms with E-state index in [0.29, 0.717) is 17.7 Å². The van der Waals surface area contributed by atoms with Crippen molar-refractivity contribution in [1.82, 2.24) is 4.72 Å². The standard InChI is InChI=1S/C21H29NO3S/c1-15-13-16(2)18(4)20(17(15)3)26(24,25)22-14-21(5,23)12-11-19-9-7-6-8-10-19/h6-10,13,22-23H,11-12,14H2,1-5H3. The molecule has 0 heterocycles. The largest absolute Gasteiger partial charge is 0.389 e.